The van der Waals surface area contributed by atoms with Crippen molar-refractivity contribution >= 4 is 5.69 Å². The Kier molecular flexibility index (Phi) is 5.39. The second-order valence-corrected chi connectivity index (χ2v) is 10.3. The molecular formula is C23H34F3N3. The number of halogens is 3. The summed E-state index contributed by atoms with van der Waals surface area (Å²) in [6.07, 6.45) is 0.289. The molecule has 1 spiro atoms. The van der Waals surface area contributed by atoms with Gasteiger partial charge in [-0.05, 0) is 81.6 Å². The fourth-order valence-corrected chi connectivity index (χ4v) is 5.79. The number of benzene rings is 1. The molecule has 0 radical (unpaired) electrons. The first-order valence-corrected chi connectivity index (χ1v) is 11.0. The highest BCUT2D eigenvalue weighted by atomic mass is 19.4. The van der Waals surface area contributed by atoms with Crippen LogP contribution in [-0.4, -0.2) is 43.2 Å². The lowest BCUT2D eigenvalue weighted by Crippen LogP contribution is -2.39. The molecule has 0 aliphatic carbocycles. The Bertz CT molecular complexity index is 737. The van der Waals surface area contributed by atoms with Crippen LogP contribution in [0.1, 0.15) is 57.6 Å². The molecule has 3 fully saturated rings. The van der Waals surface area contributed by atoms with Crippen LogP contribution in [0.3, 0.4) is 0 Å². The van der Waals surface area contributed by atoms with Gasteiger partial charge in [0.05, 0.1) is 5.56 Å². The van der Waals surface area contributed by atoms with E-state index in [1.54, 1.807) is 6.07 Å². The highest BCUT2D eigenvalue weighted by molar-refractivity contribution is 5.57. The van der Waals surface area contributed by atoms with E-state index in [2.05, 4.69) is 35.9 Å². The van der Waals surface area contributed by atoms with Crippen LogP contribution in [-0.2, 0) is 12.7 Å². The van der Waals surface area contributed by atoms with Crippen LogP contribution in [0.5, 0.6) is 0 Å². The van der Waals surface area contributed by atoms with Crippen molar-refractivity contribution in [1.82, 2.24) is 10.2 Å². The summed E-state index contributed by atoms with van der Waals surface area (Å²) in [6, 6.07) is 4.38. The van der Waals surface area contributed by atoms with E-state index in [1.807, 2.05) is 0 Å². The van der Waals surface area contributed by atoms with Gasteiger partial charge in [-0.15, -0.1) is 0 Å². The Labute approximate surface area is 172 Å². The maximum atomic E-state index is 13.4. The molecule has 29 heavy (non-hydrogen) atoms. The van der Waals surface area contributed by atoms with Gasteiger partial charge in [0.2, 0.25) is 0 Å². The van der Waals surface area contributed by atoms with Gasteiger partial charge in [-0.2, -0.15) is 13.2 Å². The van der Waals surface area contributed by atoms with Crippen molar-refractivity contribution in [2.24, 2.45) is 11.3 Å². The summed E-state index contributed by atoms with van der Waals surface area (Å²) < 4.78 is 40.2. The van der Waals surface area contributed by atoms with Crippen molar-refractivity contribution < 1.29 is 13.2 Å². The van der Waals surface area contributed by atoms with Crippen molar-refractivity contribution in [1.29, 1.82) is 0 Å². The minimum atomic E-state index is -4.30. The third kappa shape index (κ3) is 4.29. The number of likely N-dealkylation sites (tertiary alicyclic amines) is 1. The number of nitrogens with zero attached hydrogens (tertiary/aromatic N) is 2. The first-order valence-electron chi connectivity index (χ1n) is 11.0. The van der Waals surface area contributed by atoms with Gasteiger partial charge >= 0.3 is 6.18 Å². The van der Waals surface area contributed by atoms with Crippen LogP contribution in [0, 0.1) is 11.3 Å². The van der Waals surface area contributed by atoms with Crippen molar-refractivity contribution in [2.45, 2.75) is 64.7 Å². The van der Waals surface area contributed by atoms with Crippen LogP contribution >= 0.6 is 0 Å². The summed E-state index contributed by atoms with van der Waals surface area (Å²) in [5, 5.41) is 3.47. The van der Waals surface area contributed by atoms with Gasteiger partial charge < -0.3 is 10.2 Å². The topological polar surface area (TPSA) is 18.5 Å². The minimum absolute atomic E-state index is 0.0651. The van der Waals surface area contributed by atoms with Gasteiger partial charge in [0.1, 0.15) is 0 Å². The summed E-state index contributed by atoms with van der Waals surface area (Å²) in [7, 11) is 0. The van der Waals surface area contributed by atoms with Crippen LogP contribution in [0.2, 0.25) is 0 Å². The number of piperidine rings is 1. The number of nitrogens with one attached hydrogen (secondary N) is 1. The zero-order valence-electron chi connectivity index (χ0n) is 17.9. The van der Waals surface area contributed by atoms with Gasteiger partial charge in [0.25, 0.3) is 0 Å². The summed E-state index contributed by atoms with van der Waals surface area (Å²) in [4.78, 5) is 4.68. The molecule has 0 aromatic heterocycles. The fourth-order valence-electron chi connectivity index (χ4n) is 5.79. The molecule has 3 nitrogen and oxygen atoms in total. The molecular weight excluding hydrogens is 375 g/mol. The third-order valence-electron chi connectivity index (χ3n) is 7.39. The lowest BCUT2D eigenvalue weighted by Gasteiger charge is -2.34. The quantitative estimate of drug-likeness (QED) is 0.766. The molecule has 1 aromatic carbocycles. The number of hydrogen-bond donors (Lipinski definition) is 1. The Morgan fingerprint density at radius 1 is 1.17 bits per heavy atom. The third-order valence-corrected chi connectivity index (χ3v) is 7.39. The van der Waals surface area contributed by atoms with Crippen LogP contribution in [0.15, 0.2) is 18.2 Å². The predicted molar refractivity (Wildman–Crippen MR) is 111 cm³/mol. The Hall–Kier alpha value is -1.27. The fraction of sp³-hybridized carbons (Fsp3) is 0.739. The van der Waals surface area contributed by atoms with Crippen molar-refractivity contribution in [3.05, 3.63) is 29.3 Å². The summed E-state index contributed by atoms with van der Waals surface area (Å²) in [5.74, 6) is 0.527. The molecule has 3 aliphatic rings. The normalized spacial score (nSPS) is 27.1. The Morgan fingerprint density at radius 2 is 1.90 bits per heavy atom. The number of alkyl halides is 3. The zero-order valence-corrected chi connectivity index (χ0v) is 17.9. The van der Waals surface area contributed by atoms with E-state index < -0.39 is 11.7 Å². The molecule has 0 saturated carbocycles. The Balaban J connectivity index is 1.62. The van der Waals surface area contributed by atoms with Gasteiger partial charge in [-0.25, -0.2) is 0 Å². The highest BCUT2D eigenvalue weighted by Gasteiger charge is 2.48. The van der Waals surface area contributed by atoms with Crippen molar-refractivity contribution in [3.8, 4) is 0 Å². The molecule has 3 heterocycles. The number of hydrogen-bond acceptors (Lipinski definition) is 3. The van der Waals surface area contributed by atoms with E-state index in [0.29, 0.717) is 11.3 Å². The van der Waals surface area contributed by atoms with Gasteiger partial charge in [-0.1, -0.05) is 13.0 Å². The average Bonchev–Trinajstić information content (AvgIpc) is 3.16. The van der Waals surface area contributed by atoms with E-state index >= 15 is 0 Å². The maximum absolute atomic E-state index is 13.4. The molecule has 3 aliphatic heterocycles. The minimum Gasteiger partial charge on any atom is -0.371 e. The molecule has 4 rings (SSSR count). The smallest absolute Gasteiger partial charge is 0.371 e. The first kappa shape index (κ1) is 21.0. The summed E-state index contributed by atoms with van der Waals surface area (Å²) in [6.45, 7) is 12.4. The lowest BCUT2D eigenvalue weighted by molar-refractivity contribution is -0.137. The molecule has 1 aromatic rings. The standard InChI is InChI=1S/C23H34F3N3/c1-17-6-11-28(13-17)20-12-19(23(24,25)26)5-4-18(20)14-29-16-22(15-21(29,2)3)7-9-27-10-8-22/h4-5,12,17,27H,6-11,13-16H2,1-3H3. The molecule has 6 heteroatoms. The molecule has 1 unspecified atom stereocenters. The molecule has 1 atom stereocenters. The van der Waals surface area contributed by atoms with Gasteiger partial charge in [0.15, 0.2) is 0 Å². The number of rotatable bonds is 3. The van der Waals surface area contributed by atoms with E-state index in [0.717, 1.165) is 56.9 Å². The van der Waals surface area contributed by atoms with Crippen molar-refractivity contribution in [3.63, 3.8) is 0 Å². The molecule has 3 saturated heterocycles. The molecule has 0 bridgehead atoms. The van der Waals surface area contributed by atoms with Gasteiger partial charge in [-0.3, -0.25) is 4.90 Å². The van der Waals surface area contributed by atoms with Crippen molar-refractivity contribution in [2.75, 3.05) is 37.6 Å². The van der Waals surface area contributed by atoms with E-state index in [4.69, 9.17) is 0 Å². The van der Waals surface area contributed by atoms with E-state index in [-0.39, 0.29) is 5.54 Å². The predicted octanol–water partition coefficient (Wildman–Crippen LogP) is 4.91. The molecule has 1 N–H and O–H groups in total. The number of anilines is 1. The zero-order chi connectivity index (χ0) is 20.9. The molecule has 162 valence electrons. The van der Waals surface area contributed by atoms with Crippen LogP contribution in [0.4, 0.5) is 18.9 Å². The molecule has 0 amide bonds. The monoisotopic (exact) mass is 409 g/mol. The lowest BCUT2D eigenvalue weighted by atomic mass is 9.75. The average molecular weight is 410 g/mol. The summed E-state index contributed by atoms with van der Waals surface area (Å²) in [5.41, 5.74) is 1.70. The Morgan fingerprint density at radius 3 is 2.52 bits per heavy atom. The second kappa shape index (κ2) is 7.45. The van der Waals surface area contributed by atoms with Crippen LogP contribution < -0.4 is 10.2 Å². The van der Waals surface area contributed by atoms with Gasteiger partial charge in [0, 0.05) is 37.4 Å². The van der Waals surface area contributed by atoms with E-state index in [9.17, 15) is 13.2 Å². The summed E-state index contributed by atoms with van der Waals surface area (Å²) >= 11 is 0. The SMILES string of the molecule is CC1CCN(c2cc(C(F)(F)F)ccc2CN2CC3(CCNCC3)CC2(C)C)C1. The van der Waals surface area contributed by atoms with Crippen LogP contribution in [0.25, 0.3) is 0 Å². The second-order valence-electron chi connectivity index (χ2n) is 10.3. The van der Waals surface area contributed by atoms with E-state index in [1.165, 1.54) is 31.4 Å². The maximum Gasteiger partial charge on any atom is 0.416 e. The largest absolute Gasteiger partial charge is 0.416 e. The highest BCUT2D eigenvalue weighted by Crippen LogP contribution is 2.48. The first-order chi connectivity index (χ1) is 13.6.